The molecular formula is C19H23N3O2. The van der Waals surface area contributed by atoms with Crippen molar-refractivity contribution in [2.75, 3.05) is 13.1 Å². The molecule has 1 aliphatic heterocycles. The highest BCUT2D eigenvalue weighted by Crippen LogP contribution is 2.20. The van der Waals surface area contributed by atoms with Crippen LogP contribution in [0.25, 0.3) is 0 Å². The van der Waals surface area contributed by atoms with E-state index in [0.717, 1.165) is 36.4 Å². The summed E-state index contributed by atoms with van der Waals surface area (Å²) in [7, 11) is 0. The molecule has 0 radical (unpaired) electrons. The van der Waals surface area contributed by atoms with Gasteiger partial charge < -0.3 is 15.4 Å². The Morgan fingerprint density at radius 3 is 3.00 bits per heavy atom. The van der Waals surface area contributed by atoms with Crippen molar-refractivity contribution < 1.29 is 9.53 Å². The normalized spacial score (nSPS) is 17.1. The molecule has 5 nitrogen and oxygen atoms in total. The van der Waals surface area contributed by atoms with Crippen LogP contribution in [-0.4, -0.2) is 34.9 Å². The smallest absolute Gasteiger partial charge is 0.254 e. The zero-order valence-electron chi connectivity index (χ0n) is 13.9. The van der Waals surface area contributed by atoms with Crippen LogP contribution in [-0.2, 0) is 6.61 Å². The summed E-state index contributed by atoms with van der Waals surface area (Å²) in [5.74, 6) is 0.780. The number of hydrogen-bond acceptors (Lipinski definition) is 4. The van der Waals surface area contributed by atoms with Crippen LogP contribution in [0.5, 0.6) is 5.75 Å². The maximum atomic E-state index is 12.7. The molecule has 1 aromatic carbocycles. The fraction of sp³-hybridized carbons (Fsp3) is 0.368. The number of carbonyl (C=O) groups excluding carboxylic acids is 1. The Balaban J connectivity index is 1.67. The van der Waals surface area contributed by atoms with E-state index in [1.807, 2.05) is 48.2 Å². The number of carbonyl (C=O) groups is 1. The summed E-state index contributed by atoms with van der Waals surface area (Å²) in [6.45, 7) is 3.66. The van der Waals surface area contributed by atoms with E-state index in [-0.39, 0.29) is 11.9 Å². The van der Waals surface area contributed by atoms with E-state index >= 15 is 0 Å². The fourth-order valence-electron chi connectivity index (χ4n) is 3.01. The van der Waals surface area contributed by atoms with E-state index in [0.29, 0.717) is 18.7 Å². The zero-order chi connectivity index (χ0) is 16.9. The van der Waals surface area contributed by atoms with Crippen molar-refractivity contribution in [3.05, 3.63) is 59.4 Å². The van der Waals surface area contributed by atoms with Crippen LogP contribution in [0.4, 0.5) is 0 Å². The van der Waals surface area contributed by atoms with E-state index in [1.165, 1.54) is 0 Å². The maximum absolute atomic E-state index is 12.7. The molecule has 0 saturated carbocycles. The number of ether oxygens (including phenoxy) is 1. The van der Waals surface area contributed by atoms with Gasteiger partial charge in [0.05, 0.1) is 6.20 Å². The van der Waals surface area contributed by atoms with Gasteiger partial charge in [0.2, 0.25) is 0 Å². The van der Waals surface area contributed by atoms with Crippen LogP contribution in [0.15, 0.2) is 42.6 Å². The molecule has 1 amide bonds. The van der Waals surface area contributed by atoms with Gasteiger partial charge >= 0.3 is 0 Å². The molecule has 1 unspecified atom stereocenters. The molecule has 1 aromatic heterocycles. The van der Waals surface area contributed by atoms with Crippen molar-refractivity contribution in [1.29, 1.82) is 0 Å². The van der Waals surface area contributed by atoms with Crippen molar-refractivity contribution in [1.82, 2.24) is 9.88 Å². The second-order valence-electron chi connectivity index (χ2n) is 6.15. The number of likely N-dealkylation sites (tertiary alicyclic amines) is 1. The molecule has 0 spiro atoms. The minimum atomic E-state index is 0.0572. The third-order valence-corrected chi connectivity index (χ3v) is 4.37. The van der Waals surface area contributed by atoms with Crippen LogP contribution in [0.1, 0.15) is 34.5 Å². The zero-order valence-corrected chi connectivity index (χ0v) is 13.9. The van der Waals surface area contributed by atoms with Gasteiger partial charge in [0.1, 0.15) is 12.4 Å². The van der Waals surface area contributed by atoms with Gasteiger partial charge in [-0.3, -0.25) is 9.78 Å². The van der Waals surface area contributed by atoms with Gasteiger partial charge in [-0.05, 0) is 49.6 Å². The highest BCUT2D eigenvalue weighted by atomic mass is 16.5. The van der Waals surface area contributed by atoms with Gasteiger partial charge in [0, 0.05) is 30.4 Å². The maximum Gasteiger partial charge on any atom is 0.254 e. The molecule has 1 saturated heterocycles. The number of nitrogens with zero attached hydrogens (tertiary/aromatic N) is 2. The standard InChI is InChI=1S/C19H23N3O2/c1-14-7-8-18(12-21-14)24-13-15-4-2-5-16(10-15)19(23)22-9-3-6-17(22)11-20/h2,4-5,7-8,10,12,17H,3,6,9,11,13,20H2,1H3. The van der Waals surface area contributed by atoms with Gasteiger partial charge in [-0.2, -0.15) is 0 Å². The molecular weight excluding hydrogens is 302 g/mol. The van der Waals surface area contributed by atoms with Crippen LogP contribution in [0.2, 0.25) is 0 Å². The summed E-state index contributed by atoms with van der Waals surface area (Å²) < 4.78 is 5.74. The molecule has 24 heavy (non-hydrogen) atoms. The molecule has 5 heteroatoms. The minimum absolute atomic E-state index is 0.0572. The molecule has 0 aliphatic carbocycles. The van der Waals surface area contributed by atoms with Gasteiger partial charge in [-0.15, -0.1) is 0 Å². The summed E-state index contributed by atoms with van der Waals surface area (Å²) >= 11 is 0. The molecule has 126 valence electrons. The highest BCUT2D eigenvalue weighted by molar-refractivity contribution is 5.94. The molecule has 1 aliphatic rings. The summed E-state index contributed by atoms with van der Waals surface area (Å²) in [6, 6.07) is 11.6. The fourth-order valence-corrected chi connectivity index (χ4v) is 3.01. The molecule has 2 aromatic rings. The van der Waals surface area contributed by atoms with E-state index in [1.54, 1.807) is 6.20 Å². The quantitative estimate of drug-likeness (QED) is 0.917. The lowest BCUT2D eigenvalue weighted by Crippen LogP contribution is -2.39. The number of amides is 1. The number of aryl methyl sites for hydroxylation is 1. The highest BCUT2D eigenvalue weighted by Gasteiger charge is 2.28. The predicted octanol–water partition coefficient (Wildman–Crippen LogP) is 2.53. The Labute approximate surface area is 142 Å². The largest absolute Gasteiger partial charge is 0.487 e. The lowest BCUT2D eigenvalue weighted by molar-refractivity contribution is 0.0741. The number of nitrogens with two attached hydrogens (primary N) is 1. The summed E-state index contributed by atoms with van der Waals surface area (Å²) in [5, 5.41) is 0. The van der Waals surface area contributed by atoms with Gasteiger partial charge in [0.25, 0.3) is 5.91 Å². The average molecular weight is 325 g/mol. The number of hydrogen-bond donors (Lipinski definition) is 1. The van der Waals surface area contributed by atoms with Gasteiger partial charge in [-0.25, -0.2) is 0 Å². The Kier molecular flexibility index (Phi) is 5.11. The van der Waals surface area contributed by atoms with Crippen molar-refractivity contribution in [2.24, 2.45) is 5.73 Å². The second-order valence-corrected chi connectivity index (χ2v) is 6.15. The van der Waals surface area contributed by atoms with Gasteiger partial charge in [0.15, 0.2) is 0 Å². The van der Waals surface area contributed by atoms with Crippen molar-refractivity contribution >= 4 is 5.91 Å². The summed E-state index contributed by atoms with van der Waals surface area (Å²) in [6.07, 6.45) is 3.72. The van der Waals surface area contributed by atoms with Gasteiger partial charge in [-0.1, -0.05) is 12.1 Å². The first-order chi connectivity index (χ1) is 11.7. The molecule has 2 heterocycles. The number of rotatable bonds is 5. The summed E-state index contributed by atoms with van der Waals surface area (Å²) in [5.41, 5.74) is 8.38. The Hall–Kier alpha value is -2.40. The monoisotopic (exact) mass is 325 g/mol. The van der Waals surface area contributed by atoms with Crippen molar-refractivity contribution in [2.45, 2.75) is 32.4 Å². The Morgan fingerprint density at radius 1 is 1.38 bits per heavy atom. The number of pyridine rings is 1. The van der Waals surface area contributed by atoms with Crippen molar-refractivity contribution in [3.63, 3.8) is 0 Å². The van der Waals surface area contributed by atoms with E-state index in [4.69, 9.17) is 10.5 Å². The topological polar surface area (TPSA) is 68.5 Å². The molecule has 1 fully saturated rings. The first-order valence-electron chi connectivity index (χ1n) is 8.33. The average Bonchev–Trinajstić information content (AvgIpc) is 3.09. The second kappa shape index (κ2) is 7.45. The minimum Gasteiger partial charge on any atom is -0.487 e. The molecule has 0 bridgehead atoms. The Bertz CT molecular complexity index is 700. The lowest BCUT2D eigenvalue weighted by Gasteiger charge is -2.23. The first-order valence-corrected chi connectivity index (χ1v) is 8.33. The third-order valence-electron chi connectivity index (χ3n) is 4.37. The summed E-state index contributed by atoms with van der Waals surface area (Å²) in [4.78, 5) is 18.8. The van der Waals surface area contributed by atoms with E-state index in [9.17, 15) is 4.79 Å². The molecule has 2 N–H and O–H groups in total. The first kappa shape index (κ1) is 16.5. The molecule has 3 rings (SSSR count). The van der Waals surface area contributed by atoms with E-state index in [2.05, 4.69) is 4.98 Å². The van der Waals surface area contributed by atoms with Crippen LogP contribution in [0.3, 0.4) is 0 Å². The van der Waals surface area contributed by atoms with Crippen LogP contribution >= 0.6 is 0 Å². The van der Waals surface area contributed by atoms with Crippen LogP contribution < -0.4 is 10.5 Å². The van der Waals surface area contributed by atoms with Crippen LogP contribution in [0, 0.1) is 6.92 Å². The van der Waals surface area contributed by atoms with E-state index < -0.39 is 0 Å². The lowest BCUT2D eigenvalue weighted by atomic mass is 10.1. The number of aromatic nitrogens is 1. The Morgan fingerprint density at radius 2 is 2.25 bits per heavy atom. The predicted molar refractivity (Wildman–Crippen MR) is 92.9 cm³/mol. The number of benzene rings is 1. The third kappa shape index (κ3) is 3.74. The van der Waals surface area contributed by atoms with Crippen molar-refractivity contribution in [3.8, 4) is 5.75 Å². The molecule has 1 atom stereocenters. The SMILES string of the molecule is Cc1ccc(OCc2cccc(C(=O)N3CCCC3CN)c2)cn1.